The van der Waals surface area contributed by atoms with E-state index in [0.717, 1.165) is 88.3 Å². The van der Waals surface area contributed by atoms with Crippen LogP contribution in [-0.2, 0) is 0 Å². The van der Waals surface area contributed by atoms with Crippen LogP contribution in [0.3, 0.4) is 0 Å². The lowest BCUT2D eigenvalue weighted by Gasteiger charge is -2.09. The lowest BCUT2D eigenvalue weighted by Crippen LogP contribution is -1.95. The molecule has 0 aliphatic heterocycles. The molecule has 0 N–H and O–H groups in total. The van der Waals surface area contributed by atoms with Gasteiger partial charge in [0.05, 0.1) is 11.0 Å². The first-order valence-electron chi connectivity index (χ1n) is 16.8. The Labute approximate surface area is 290 Å². The van der Waals surface area contributed by atoms with Gasteiger partial charge in [-0.3, -0.25) is 4.98 Å². The van der Waals surface area contributed by atoms with Crippen molar-refractivity contribution in [3.05, 3.63) is 152 Å². The van der Waals surface area contributed by atoms with E-state index in [1.54, 1.807) is 0 Å². The number of para-hydroxylation sites is 1. The van der Waals surface area contributed by atoms with Crippen LogP contribution in [0.5, 0.6) is 0 Å². The van der Waals surface area contributed by atoms with Gasteiger partial charge in [-0.2, -0.15) is 0 Å². The molecular weight excluding hydrogens is 631 g/mol. The summed E-state index contributed by atoms with van der Waals surface area (Å²) in [5, 5.41) is 5.15. The molecule has 5 aromatic carbocycles. The maximum Gasteiger partial charge on any atom is 0.227 e. The quantitative estimate of drug-likeness (QED) is 0.188. The van der Waals surface area contributed by atoms with Gasteiger partial charge in [-0.1, -0.05) is 84.9 Å². The predicted molar refractivity (Wildman–Crippen MR) is 203 cm³/mol. The minimum absolute atomic E-state index is 0.640. The van der Waals surface area contributed by atoms with E-state index in [4.69, 9.17) is 18.8 Å². The molecule has 0 fully saturated rings. The van der Waals surface area contributed by atoms with Crippen molar-refractivity contribution < 1.29 is 8.83 Å². The average molecular weight is 656 g/mol. The Kier molecular flexibility index (Phi) is 5.83. The zero-order chi connectivity index (χ0) is 33.5. The molecule has 11 rings (SSSR count). The third kappa shape index (κ3) is 4.25. The first-order valence-corrected chi connectivity index (χ1v) is 16.8. The number of hydrogen-bond donors (Lipinski definition) is 0. The molecule has 238 valence electrons. The van der Waals surface area contributed by atoms with E-state index < -0.39 is 0 Å². The Hall–Kier alpha value is -7.12. The Morgan fingerprint density at radius 2 is 1.25 bits per heavy atom. The van der Waals surface area contributed by atoms with E-state index in [2.05, 4.69) is 75.2 Å². The monoisotopic (exact) mass is 655 g/mol. The zero-order valence-corrected chi connectivity index (χ0v) is 27.0. The molecule has 6 aromatic heterocycles. The number of benzene rings is 5. The number of fused-ring (bicyclic) bond motifs is 9. The van der Waals surface area contributed by atoms with Crippen LogP contribution in [-0.4, -0.2) is 24.5 Å². The summed E-state index contributed by atoms with van der Waals surface area (Å²) in [4.78, 5) is 19.4. The molecule has 7 heteroatoms. The molecular formula is C44H25N5O2. The van der Waals surface area contributed by atoms with Crippen molar-refractivity contribution in [1.29, 1.82) is 0 Å². The molecule has 51 heavy (non-hydrogen) atoms. The molecule has 0 radical (unpaired) electrons. The van der Waals surface area contributed by atoms with Crippen molar-refractivity contribution in [3.63, 3.8) is 0 Å². The van der Waals surface area contributed by atoms with Gasteiger partial charge in [-0.25, -0.2) is 15.0 Å². The minimum atomic E-state index is 0.640. The van der Waals surface area contributed by atoms with Gasteiger partial charge in [0, 0.05) is 67.9 Å². The Bertz CT molecular complexity index is 3140. The molecule has 0 saturated heterocycles. The molecule has 7 nitrogen and oxygen atoms in total. The Morgan fingerprint density at radius 1 is 0.490 bits per heavy atom. The fourth-order valence-corrected chi connectivity index (χ4v) is 7.37. The molecule has 0 atom stereocenters. The topological polar surface area (TPSA) is 82.8 Å². The molecule has 0 spiro atoms. The second-order valence-corrected chi connectivity index (χ2v) is 12.7. The van der Waals surface area contributed by atoms with Gasteiger partial charge in [0.25, 0.3) is 0 Å². The zero-order valence-electron chi connectivity index (χ0n) is 27.0. The van der Waals surface area contributed by atoms with Gasteiger partial charge in [0.1, 0.15) is 22.4 Å². The molecule has 0 saturated carbocycles. The highest BCUT2D eigenvalue weighted by atomic mass is 16.3. The third-order valence-corrected chi connectivity index (χ3v) is 9.77. The van der Waals surface area contributed by atoms with Crippen LogP contribution in [0.25, 0.3) is 105 Å². The number of furan rings is 2. The molecule has 6 heterocycles. The summed E-state index contributed by atoms with van der Waals surface area (Å²) in [6.07, 6.45) is 5.68. The molecule has 0 amide bonds. The van der Waals surface area contributed by atoms with Crippen molar-refractivity contribution in [3.8, 4) is 39.5 Å². The van der Waals surface area contributed by atoms with E-state index in [0.29, 0.717) is 17.1 Å². The summed E-state index contributed by atoms with van der Waals surface area (Å²) in [5.41, 5.74) is 11.6. The number of hydrogen-bond acceptors (Lipinski definition) is 6. The van der Waals surface area contributed by atoms with Crippen LogP contribution in [0.2, 0.25) is 0 Å². The van der Waals surface area contributed by atoms with Crippen LogP contribution >= 0.6 is 0 Å². The second kappa shape index (κ2) is 10.7. The smallest absolute Gasteiger partial charge is 0.227 e. The van der Waals surface area contributed by atoms with Gasteiger partial charge in [-0.05, 0) is 54.1 Å². The van der Waals surface area contributed by atoms with Crippen LogP contribution in [0.15, 0.2) is 161 Å². The summed E-state index contributed by atoms with van der Waals surface area (Å²) in [6, 6.07) is 45.4. The molecule has 0 unspecified atom stereocenters. The molecule has 11 aromatic rings. The Morgan fingerprint density at radius 3 is 2.14 bits per heavy atom. The van der Waals surface area contributed by atoms with Crippen LogP contribution in [0.1, 0.15) is 0 Å². The second-order valence-electron chi connectivity index (χ2n) is 12.7. The van der Waals surface area contributed by atoms with E-state index in [-0.39, 0.29) is 0 Å². The predicted octanol–water partition coefficient (Wildman–Crippen LogP) is 11.2. The van der Waals surface area contributed by atoms with Gasteiger partial charge in [0.15, 0.2) is 11.4 Å². The summed E-state index contributed by atoms with van der Waals surface area (Å²) in [7, 11) is 0. The largest absolute Gasteiger partial charge is 0.452 e. The highest BCUT2D eigenvalue weighted by molar-refractivity contribution is 6.12. The van der Waals surface area contributed by atoms with E-state index in [1.807, 2.05) is 91.4 Å². The van der Waals surface area contributed by atoms with Gasteiger partial charge < -0.3 is 13.4 Å². The van der Waals surface area contributed by atoms with Crippen molar-refractivity contribution in [2.24, 2.45) is 0 Å². The summed E-state index contributed by atoms with van der Waals surface area (Å²) >= 11 is 0. The van der Waals surface area contributed by atoms with Gasteiger partial charge in [-0.15, -0.1) is 0 Å². The SMILES string of the molecule is c1ccc(-c2nc(-c3ccccc3)c3oc4ccc(-n5c6ccncc6c6cc(-c7cnc8oc9ccccc9c8c7)ccc65)cc4c3n2)cc1. The minimum Gasteiger partial charge on any atom is -0.452 e. The first kappa shape index (κ1) is 27.8. The normalized spacial score (nSPS) is 11.9. The van der Waals surface area contributed by atoms with Gasteiger partial charge in [0.2, 0.25) is 5.71 Å². The lowest BCUT2D eigenvalue weighted by atomic mass is 10.0. The standard InChI is InChI=1S/C44H25N5O2/c1-3-9-26(10-4-1)40-42-41(48-43(47-40)27-11-5-2-6-12-27)34-23-30(16-18-39(34)50-42)49-36-17-15-28(21-32(36)35-25-45-20-19-37(35)49)29-22-33-31-13-7-8-14-38(31)51-44(33)46-24-29/h1-25H. The number of rotatable bonds is 4. The van der Waals surface area contributed by atoms with Crippen molar-refractivity contribution >= 4 is 65.9 Å². The highest BCUT2D eigenvalue weighted by Crippen LogP contribution is 2.39. The van der Waals surface area contributed by atoms with Crippen LogP contribution < -0.4 is 0 Å². The van der Waals surface area contributed by atoms with E-state index >= 15 is 0 Å². The fourth-order valence-electron chi connectivity index (χ4n) is 7.37. The average Bonchev–Trinajstić information content (AvgIpc) is 3.87. The van der Waals surface area contributed by atoms with Crippen molar-refractivity contribution in [2.45, 2.75) is 0 Å². The third-order valence-electron chi connectivity index (χ3n) is 9.77. The first-order chi connectivity index (χ1) is 25.3. The van der Waals surface area contributed by atoms with Crippen molar-refractivity contribution in [2.75, 3.05) is 0 Å². The van der Waals surface area contributed by atoms with Crippen LogP contribution in [0, 0.1) is 0 Å². The fraction of sp³-hybridized carbons (Fsp3) is 0. The number of nitrogens with zero attached hydrogens (tertiary/aromatic N) is 5. The molecule has 0 aliphatic carbocycles. The maximum absolute atomic E-state index is 6.54. The van der Waals surface area contributed by atoms with Crippen molar-refractivity contribution in [1.82, 2.24) is 24.5 Å². The van der Waals surface area contributed by atoms with Crippen LogP contribution in [0.4, 0.5) is 0 Å². The molecule has 0 aliphatic rings. The maximum atomic E-state index is 6.54. The highest BCUT2D eigenvalue weighted by Gasteiger charge is 2.20. The number of pyridine rings is 2. The van der Waals surface area contributed by atoms with Gasteiger partial charge >= 0.3 is 0 Å². The summed E-state index contributed by atoms with van der Waals surface area (Å²) in [5.74, 6) is 0.654. The summed E-state index contributed by atoms with van der Waals surface area (Å²) < 4.78 is 14.8. The van der Waals surface area contributed by atoms with E-state index in [9.17, 15) is 0 Å². The Balaban J connectivity index is 1.12. The van der Waals surface area contributed by atoms with E-state index in [1.165, 1.54) is 0 Å². The number of aromatic nitrogens is 5. The molecule has 0 bridgehead atoms. The lowest BCUT2D eigenvalue weighted by molar-refractivity contribution is 0.654. The summed E-state index contributed by atoms with van der Waals surface area (Å²) in [6.45, 7) is 0.